The first-order chi connectivity index (χ1) is 16.3. The highest BCUT2D eigenvalue weighted by atomic mass is 35.5. The van der Waals surface area contributed by atoms with Gasteiger partial charge in [0, 0.05) is 39.6 Å². The molecule has 35 heavy (non-hydrogen) atoms. The molecule has 0 unspecified atom stereocenters. The summed E-state index contributed by atoms with van der Waals surface area (Å²) in [5, 5.41) is 35.6. The highest BCUT2D eigenvalue weighted by Crippen LogP contribution is 2.42. The third kappa shape index (κ3) is 5.72. The predicted octanol–water partition coefficient (Wildman–Crippen LogP) is 6.87. The molecular formula is C24H22ClN3O6S. The third-order valence-corrected chi connectivity index (χ3v) is 6.70. The molecule has 11 heteroatoms. The van der Waals surface area contributed by atoms with Crippen molar-refractivity contribution in [2.45, 2.75) is 42.9 Å². The van der Waals surface area contributed by atoms with Gasteiger partial charge in [-0.2, -0.15) is 0 Å². The van der Waals surface area contributed by atoms with Crippen molar-refractivity contribution in [1.82, 2.24) is 0 Å². The van der Waals surface area contributed by atoms with Gasteiger partial charge in [0.05, 0.1) is 26.1 Å². The van der Waals surface area contributed by atoms with Crippen LogP contribution in [0.25, 0.3) is 0 Å². The molecule has 0 bridgehead atoms. The lowest BCUT2D eigenvalue weighted by molar-refractivity contribution is -0.385. The molecule has 3 aromatic rings. The first-order valence-corrected chi connectivity index (χ1v) is 11.5. The number of nitrogens with one attached hydrogen (secondary N) is 1. The lowest BCUT2D eigenvalue weighted by atomic mass is 9.84. The predicted molar refractivity (Wildman–Crippen MR) is 135 cm³/mol. The maximum atomic E-state index is 13.3. The minimum Gasteiger partial charge on any atom is -0.507 e. The number of anilines is 1. The van der Waals surface area contributed by atoms with E-state index in [9.17, 15) is 30.1 Å². The fraction of sp³-hybridized carbons (Fsp3) is 0.208. The van der Waals surface area contributed by atoms with E-state index in [1.807, 2.05) is 20.8 Å². The summed E-state index contributed by atoms with van der Waals surface area (Å²) in [5.74, 6) is -0.814. The van der Waals surface area contributed by atoms with Gasteiger partial charge in [0.25, 0.3) is 17.3 Å². The average molecular weight is 516 g/mol. The Morgan fingerprint density at radius 2 is 1.57 bits per heavy atom. The Labute approximate surface area is 210 Å². The first kappa shape index (κ1) is 26.0. The lowest BCUT2D eigenvalue weighted by Crippen LogP contribution is -2.18. The summed E-state index contributed by atoms with van der Waals surface area (Å²) in [7, 11) is 0. The zero-order valence-corrected chi connectivity index (χ0v) is 20.9. The number of phenolic OH excluding ortho intramolecular Hbond substituents is 1. The van der Waals surface area contributed by atoms with Crippen molar-refractivity contribution < 1.29 is 19.7 Å². The number of hydrogen-bond acceptors (Lipinski definition) is 7. The van der Waals surface area contributed by atoms with Crippen molar-refractivity contribution in [3.63, 3.8) is 0 Å². The van der Waals surface area contributed by atoms with Gasteiger partial charge in [0.15, 0.2) is 0 Å². The van der Waals surface area contributed by atoms with E-state index in [4.69, 9.17) is 11.6 Å². The number of halogens is 1. The van der Waals surface area contributed by atoms with Gasteiger partial charge < -0.3 is 10.4 Å². The number of carbonyl (C=O) groups is 1. The van der Waals surface area contributed by atoms with Crippen LogP contribution in [-0.2, 0) is 5.41 Å². The second kappa shape index (κ2) is 9.93. The molecule has 2 N–H and O–H groups in total. The van der Waals surface area contributed by atoms with E-state index in [2.05, 4.69) is 5.32 Å². The number of hydrogen-bond donors (Lipinski definition) is 2. The molecule has 0 heterocycles. The number of non-ortho nitro benzene ring substituents is 2. The van der Waals surface area contributed by atoms with Crippen LogP contribution in [0.1, 0.15) is 42.3 Å². The van der Waals surface area contributed by atoms with Crippen molar-refractivity contribution in [3.05, 3.63) is 90.5 Å². The van der Waals surface area contributed by atoms with Gasteiger partial charge in [0.2, 0.25) is 0 Å². The van der Waals surface area contributed by atoms with Crippen LogP contribution in [0.5, 0.6) is 5.75 Å². The number of carbonyl (C=O) groups excluding carboxylic acids is 1. The van der Waals surface area contributed by atoms with Gasteiger partial charge >= 0.3 is 0 Å². The second-order valence-electron chi connectivity index (χ2n) is 8.75. The third-order valence-electron chi connectivity index (χ3n) is 5.23. The van der Waals surface area contributed by atoms with Crippen LogP contribution >= 0.6 is 23.4 Å². The van der Waals surface area contributed by atoms with Gasteiger partial charge in [-0.15, -0.1) is 0 Å². The molecule has 0 aliphatic rings. The maximum absolute atomic E-state index is 13.3. The lowest BCUT2D eigenvalue weighted by Gasteiger charge is -2.25. The fourth-order valence-electron chi connectivity index (χ4n) is 3.37. The van der Waals surface area contributed by atoms with E-state index in [-0.39, 0.29) is 33.4 Å². The first-order valence-electron chi connectivity index (χ1n) is 10.3. The zero-order chi connectivity index (χ0) is 26.1. The van der Waals surface area contributed by atoms with Crippen LogP contribution in [0.2, 0.25) is 5.02 Å². The van der Waals surface area contributed by atoms with Crippen molar-refractivity contribution >= 4 is 46.3 Å². The van der Waals surface area contributed by atoms with Crippen molar-refractivity contribution in [1.29, 1.82) is 0 Å². The summed E-state index contributed by atoms with van der Waals surface area (Å²) in [6.45, 7) is 7.37. The number of amides is 1. The number of benzene rings is 3. The molecule has 0 aromatic heterocycles. The van der Waals surface area contributed by atoms with Gasteiger partial charge in [-0.3, -0.25) is 25.0 Å². The molecule has 0 radical (unpaired) electrons. The summed E-state index contributed by atoms with van der Waals surface area (Å²) >= 11 is 7.43. The number of rotatable bonds is 6. The Balaban J connectivity index is 2.05. The molecule has 0 aliphatic heterocycles. The molecule has 182 valence electrons. The molecular weight excluding hydrogens is 494 g/mol. The molecule has 0 fully saturated rings. The SMILES string of the molecule is Cc1c(Sc2ccc([N+](=O)[O-])cc2)cc(C(C)(C)C)c(O)c1C(=O)Nc1ccc([N+](=O)[O-])cc1Cl. The van der Waals surface area contributed by atoms with Gasteiger partial charge in [-0.05, 0) is 42.2 Å². The van der Waals surface area contributed by atoms with Crippen LogP contribution in [0.4, 0.5) is 17.1 Å². The minimum absolute atomic E-state index is 0.0165. The van der Waals surface area contributed by atoms with Gasteiger partial charge in [0.1, 0.15) is 5.75 Å². The van der Waals surface area contributed by atoms with Crippen LogP contribution in [0, 0.1) is 27.2 Å². The quantitative estimate of drug-likeness (QED) is 0.270. The summed E-state index contributed by atoms with van der Waals surface area (Å²) in [4.78, 5) is 35.5. The molecule has 0 aliphatic carbocycles. The number of nitro benzene ring substituents is 2. The van der Waals surface area contributed by atoms with E-state index in [1.165, 1.54) is 36.0 Å². The zero-order valence-electron chi connectivity index (χ0n) is 19.3. The van der Waals surface area contributed by atoms with Crippen LogP contribution in [-0.4, -0.2) is 20.9 Å². The van der Waals surface area contributed by atoms with E-state index in [1.54, 1.807) is 25.1 Å². The number of nitrogens with zero attached hydrogens (tertiary/aromatic N) is 2. The van der Waals surface area contributed by atoms with Crippen molar-refractivity contribution in [2.24, 2.45) is 0 Å². The molecule has 3 rings (SSSR count). The Bertz CT molecular complexity index is 1340. The molecule has 0 saturated heterocycles. The van der Waals surface area contributed by atoms with Crippen molar-refractivity contribution in [3.8, 4) is 5.75 Å². The monoisotopic (exact) mass is 515 g/mol. The van der Waals surface area contributed by atoms with Gasteiger partial charge in [-0.25, -0.2) is 0 Å². The van der Waals surface area contributed by atoms with Gasteiger partial charge in [-0.1, -0.05) is 44.1 Å². The molecule has 3 aromatic carbocycles. The molecule has 1 amide bonds. The molecule has 0 atom stereocenters. The number of aromatic hydroxyl groups is 1. The number of nitro groups is 2. The highest BCUT2D eigenvalue weighted by Gasteiger charge is 2.27. The number of phenols is 1. The van der Waals surface area contributed by atoms with E-state index >= 15 is 0 Å². The largest absolute Gasteiger partial charge is 0.507 e. The average Bonchev–Trinajstić information content (AvgIpc) is 2.76. The van der Waals surface area contributed by atoms with Crippen molar-refractivity contribution in [2.75, 3.05) is 5.32 Å². The van der Waals surface area contributed by atoms with E-state index < -0.39 is 21.2 Å². The van der Waals surface area contributed by atoms with Crippen LogP contribution < -0.4 is 5.32 Å². The normalized spacial score (nSPS) is 11.2. The smallest absolute Gasteiger partial charge is 0.271 e. The van der Waals surface area contributed by atoms with Crippen LogP contribution in [0.15, 0.2) is 58.3 Å². The molecule has 0 spiro atoms. The molecule has 0 saturated carbocycles. The minimum atomic E-state index is -0.632. The Morgan fingerprint density at radius 1 is 1.00 bits per heavy atom. The Hall–Kier alpha value is -3.63. The summed E-state index contributed by atoms with van der Waals surface area (Å²) in [5.41, 5.74) is 0.462. The van der Waals surface area contributed by atoms with E-state index in [0.717, 1.165) is 6.07 Å². The summed E-state index contributed by atoms with van der Waals surface area (Å²) in [6.07, 6.45) is 0. The topological polar surface area (TPSA) is 136 Å². The summed E-state index contributed by atoms with van der Waals surface area (Å²) in [6, 6.07) is 11.5. The van der Waals surface area contributed by atoms with E-state index in [0.29, 0.717) is 20.9 Å². The Kier molecular flexibility index (Phi) is 7.37. The fourth-order valence-corrected chi connectivity index (χ4v) is 4.55. The van der Waals surface area contributed by atoms with Crippen LogP contribution in [0.3, 0.4) is 0 Å². The highest BCUT2D eigenvalue weighted by molar-refractivity contribution is 7.99. The standard InChI is InChI=1S/C24H22ClN3O6S/c1-13-20(35-16-8-5-14(6-9-16)27(31)32)12-17(24(2,3)4)22(29)21(13)23(30)26-19-10-7-15(28(33)34)11-18(19)25/h5-12,29H,1-4H3,(H,26,30). The molecule has 9 nitrogen and oxygen atoms in total. The summed E-state index contributed by atoms with van der Waals surface area (Å²) < 4.78 is 0. The maximum Gasteiger partial charge on any atom is 0.271 e. The Morgan fingerprint density at radius 3 is 2.09 bits per heavy atom. The second-order valence-corrected chi connectivity index (χ2v) is 10.3.